The molecule has 0 fully saturated rings. The molecule has 0 radical (unpaired) electrons. The van der Waals surface area contributed by atoms with Gasteiger partial charge in [0, 0.05) is 5.56 Å². The van der Waals surface area contributed by atoms with Crippen LogP contribution in [0, 0.1) is 0 Å². The van der Waals surface area contributed by atoms with Crippen LogP contribution in [0.4, 0.5) is 0 Å². The van der Waals surface area contributed by atoms with E-state index in [2.05, 4.69) is 36.3 Å². The standard InChI is InChI=1S/C19H22N4O2S/c1-13(17(24)14-7-9-15(10-8-14)19(2,3)4)26-18-20-21-22-23(18)12-16-6-5-11-25-16/h5-11,13H,12H2,1-4H3. The lowest BCUT2D eigenvalue weighted by Gasteiger charge is -2.19. The number of hydrogen-bond acceptors (Lipinski definition) is 6. The van der Waals surface area contributed by atoms with Crippen LogP contribution >= 0.6 is 11.8 Å². The number of ketones is 1. The van der Waals surface area contributed by atoms with E-state index in [-0.39, 0.29) is 16.4 Å². The van der Waals surface area contributed by atoms with Crippen molar-refractivity contribution in [2.75, 3.05) is 0 Å². The van der Waals surface area contributed by atoms with Gasteiger partial charge in [-0.05, 0) is 40.5 Å². The van der Waals surface area contributed by atoms with Gasteiger partial charge < -0.3 is 4.42 Å². The monoisotopic (exact) mass is 370 g/mol. The number of benzene rings is 1. The van der Waals surface area contributed by atoms with Crippen LogP contribution in [0.15, 0.2) is 52.2 Å². The number of thioether (sulfide) groups is 1. The highest BCUT2D eigenvalue weighted by Crippen LogP contribution is 2.26. The van der Waals surface area contributed by atoms with Crippen LogP contribution in [0.1, 0.15) is 49.4 Å². The smallest absolute Gasteiger partial charge is 0.210 e. The highest BCUT2D eigenvalue weighted by Gasteiger charge is 2.21. The van der Waals surface area contributed by atoms with Gasteiger partial charge in [-0.25, -0.2) is 4.68 Å². The Hall–Kier alpha value is -2.41. The molecule has 0 N–H and O–H groups in total. The number of carbonyl (C=O) groups is 1. The molecule has 0 amide bonds. The molecule has 2 heterocycles. The molecular weight excluding hydrogens is 348 g/mol. The average Bonchev–Trinajstić information content (AvgIpc) is 3.26. The first kappa shape index (κ1) is 18.4. The molecule has 0 bridgehead atoms. The van der Waals surface area contributed by atoms with Crippen molar-refractivity contribution in [1.82, 2.24) is 20.2 Å². The Balaban J connectivity index is 1.69. The van der Waals surface area contributed by atoms with Crippen LogP contribution in [0.5, 0.6) is 0 Å². The summed E-state index contributed by atoms with van der Waals surface area (Å²) in [7, 11) is 0. The highest BCUT2D eigenvalue weighted by molar-refractivity contribution is 8.00. The van der Waals surface area contributed by atoms with Crippen LogP contribution in [0.2, 0.25) is 0 Å². The molecule has 136 valence electrons. The molecule has 3 aromatic rings. The van der Waals surface area contributed by atoms with Crippen LogP contribution in [-0.4, -0.2) is 31.2 Å². The van der Waals surface area contributed by atoms with E-state index in [1.807, 2.05) is 43.3 Å². The summed E-state index contributed by atoms with van der Waals surface area (Å²) >= 11 is 1.35. The Bertz CT molecular complexity index is 864. The van der Waals surface area contributed by atoms with E-state index < -0.39 is 0 Å². The number of furan rings is 1. The lowest BCUT2D eigenvalue weighted by Crippen LogP contribution is -2.16. The summed E-state index contributed by atoms with van der Waals surface area (Å²) in [6.45, 7) is 8.77. The summed E-state index contributed by atoms with van der Waals surface area (Å²) in [6.07, 6.45) is 1.61. The highest BCUT2D eigenvalue weighted by atomic mass is 32.2. The van der Waals surface area contributed by atoms with Gasteiger partial charge in [-0.2, -0.15) is 0 Å². The fourth-order valence-corrected chi connectivity index (χ4v) is 3.38. The molecule has 0 aliphatic carbocycles. The van der Waals surface area contributed by atoms with Gasteiger partial charge in [0.15, 0.2) is 5.78 Å². The van der Waals surface area contributed by atoms with Gasteiger partial charge >= 0.3 is 0 Å². The number of nitrogens with zero attached hydrogens (tertiary/aromatic N) is 4. The first-order chi connectivity index (χ1) is 12.3. The second kappa shape index (κ2) is 7.45. The summed E-state index contributed by atoms with van der Waals surface area (Å²) in [5.41, 5.74) is 1.97. The summed E-state index contributed by atoms with van der Waals surface area (Å²) < 4.78 is 6.96. The largest absolute Gasteiger partial charge is 0.467 e. The second-order valence-corrected chi connectivity index (χ2v) is 8.46. The van der Waals surface area contributed by atoms with Crippen molar-refractivity contribution < 1.29 is 9.21 Å². The normalized spacial score (nSPS) is 12.9. The molecule has 26 heavy (non-hydrogen) atoms. The van der Waals surface area contributed by atoms with Crippen molar-refractivity contribution in [3.05, 3.63) is 59.5 Å². The SMILES string of the molecule is CC(Sc1nnnn1Cc1ccco1)C(=O)c1ccc(C(C)(C)C)cc1. The summed E-state index contributed by atoms with van der Waals surface area (Å²) in [6, 6.07) is 11.5. The van der Waals surface area contributed by atoms with E-state index in [1.165, 1.54) is 17.3 Å². The zero-order valence-electron chi connectivity index (χ0n) is 15.3. The summed E-state index contributed by atoms with van der Waals surface area (Å²) in [5, 5.41) is 12.0. The maximum Gasteiger partial charge on any atom is 0.210 e. The van der Waals surface area contributed by atoms with Gasteiger partial charge in [0.2, 0.25) is 5.16 Å². The lowest BCUT2D eigenvalue weighted by molar-refractivity contribution is 0.0994. The molecule has 2 aromatic heterocycles. The van der Waals surface area contributed by atoms with Gasteiger partial charge in [0.25, 0.3) is 0 Å². The van der Waals surface area contributed by atoms with Crippen molar-refractivity contribution >= 4 is 17.5 Å². The summed E-state index contributed by atoms with van der Waals surface area (Å²) in [4.78, 5) is 12.7. The van der Waals surface area contributed by atoms with E-state index >= 15 is 0 Å². The van der Waals surface area contributed by atoms with Crippen molar-refractivity contribution in [3.63, 3.8) is 0 Å². The van der Waals surface area contributed by atoms with E-state index in [0.717, 1.165) is 5.76 Å². The second-order valence-electron chi connectivity index (χ2n) is 7.15. The minimum Gasteiger partial charge on any atom is -0.467 e. The van der Waals surface area contributed by atoms with Gasteiger partial charge in [-0.3, -0.25) is 4.79 Å². The van der Waals surface area contributed by atoms with Gasteiger partial charge in [0.1, 0.15) is 12.3 Å². The number of tetrazole rings is 1. The zero-order chi connectivity index (χ0) is 18.7. The number of hydrogen-bond donors (Lipinski definition) is 0. The molecule has 3 rings (SSSR count). The van der Waals surface area contributed by atoms with E-state index in [9.17, 15) is 4.79 Å². The van der Waals surface area contributed by atoms with Crippen molar-refractivity contribution in [2.24, 2.45) is 0 Å². The van der Waals surface area contributed by atoms with Crippen LogP contribution in [-0.2, 0) is 12.0 Å². The fourth-order valence-electron chi connectivity index (χ4n) is 2.51. The molecular formula is C19H22N4O2S. The van der Waals surface area contributed by atoms with Gasteiger partial charge in [-0.15, -0.1) is 5.10 Å². The van der Waals surface area contributed by atoms with Gasteiger partial charge in [0.05, 0.1) is 11.5 Å². The molecule has 0 saturated carbocycles. The van der Waals surface area contributed by atoms with Gasteiger partial charge in [-0.1, -0.05) is 56.8 Å². The molecule has 1 unspecified atom stereocenters. The predicted molar refractivity (Wildman–Crippen MR) is 100 cm³/mol. The topological polar surface area (TPSA) is 73.8 Å². The van der Waals surface area contributed by atoms with Crippen molar-refractivity contribution in [3.8, 4) is 0 Å². The fraction of sp³-hybridized carbons (Fsp3) is 0.368. The maximum atomic E-state index is 12.7. The third-order valence-electron chi connectivity index (χ3n) is 4.07. The Morgan fingerprint density at radius 1 is 1.23 bits per heavy atom. The molecule has 0 aliphatic heterocycles. The van der Waals surface area contributed by atoms with Crippen molar-refractivity contribution in [1.29, 1.82) is 0 Å². The first-order valence-corrected chi connectivity index (χ1v) is 9.32. The third-order valence-corrected chi connectivity index (χ3v) is 5.14. The molecule has 6 nitrogen and oxygen atoms in total. The molecule has 0 spiro atoms. The van der Waals surface area contributed by atoms with Crippen LogP contribution in [0.25, 0.3) is 0 Å². The minimum absolute atomic E-state index is 0.0583. The maximum absolute atomic E-state index is 12.7. The number of rotatable bonds is 6. The minimum atomic E-state index is -0.295. The molecule has 0 aliphatic rings. The van der Waals surface area contributed by atoms with Crippen molar-refractivity contribution in [2.45, 2.75) is 50.1 Å². The van der Waals surface area contributed by atoms with E-state index in [4.69, 9.17) is 4.42 Å². The molecule has 7 heteroatoms. The van der Waals surface area contributed by atoms with Crippen LogP contribution in [0.3, 0.4) is 0 Å². The quantitative estimate of drug-likeness (QED) is 0.483. The lowest BCUT2D eigenvalue weighted by atomic mass is 9.86. The van der Waals surface area contributed by atoms with Crippen LogP contribution < -0.4 is 0 Å². The number of aromatic nitrogens is 4. The molecule has 1 aromatic carbocycles. The Morgan fingerprint density at radius 3 is 2.58 bits per heavy atom. The summed E-state index contributed by atoms with van der Waals surface area (Å²) in [5.74, 6) is 0.818. The number of carbonyl (C=O) groups excluding carboxylic acids is 1. The Morgan fingerprint density at radius 2 is 1.96 bits per heavy atom. The third kappa shape index (κ3) is 4.22. The first-order valence-electron chi connectivity index (χ1n) is 8.44. The Kier molecular flexibility index (Phi) is 5.27. The zero-order valence-corrected chi connectivity index (χ0v) is 16.2. The Labute approximate surface area is 157 Å². The average molecular weight is 370 g/mol. The van der Waals surface area contributed by atoms with E-state index in [1.54, 1.807) is 10.9 Å². The number of Topliss-reactive ketones (excluding diaryl/α,β-unsaturated/α-hetero) is 1. The van der Waals surface area contributed by atoms with E-state index in [0.29, 0.717) is 17.3 Å². The molecule has 1 atom stereocenters. The predicted octanol–water partition coefficient (Wildman–Crippen LogP) is 3.98. The molecule has 0 saturated heterocycles.